The first-order chi connectivity index (χ1) is 13.9. The molecule has 3 heterocycles. The number of likely N-dealkylation sites (tertiary alicyclic amines) is 1. The fraction of sp³-hybridized carbons (Fsp3) is 0.458. The second-order valence-electron chi connectivity index (χ2n) is 8.84. The number of hydrazone groups is 1. The minimum absolute atomic E-state index is 0.180. The zero-order valence-corrected chi connectivity index (χ0v) is 18.1. The van der Waals surface area contributed by atoms with Crippen molar-refractivity contribution in [3.63, 3.8) is 0 Å². The smallest absolute Gasteiger partial charge is 0.200 e. The van der Waals surface area contributed by atoms with Gasteiger partial charge in [0.05, 0.1) is 11.8 Å². The van der Waals surface area contributed by atoms with Crippen molar-refractivity contribution >= 4 is 17.3 Å². The summed E-state index contributed by atoms with van der Waals surface area (Å²) in [5.74, 6) is 0.967. The predicted molar refractivity (Wildman–Crippen MR) is 118 cm³/mol. The summed E-state index contributed by atoms with van der Waals surface area (Å²) >= 11 is 6.35. The minimum Gasteiger partial charge on any atom is -0.466 e. The molecule has 3 aliphatic rings. The summed E-state index contributed by atoms with van der Waals surface area (Å²) in [6.07, 6.45) is 2.79. The third-order valence-electron chi connectivity index (χ3n) is 6.65. The second-order valence-corrected chi connectivity index (χ2v) is 9.27. The van der Waals surface area contributed by atoms with E-state index in [1.54, 1.807) is 0 Å². The van der Waals surface area contributed by atoms with Crippen LogP contribution in [0, 0.1) is 6.92 Å². The van der Waals surface area contributed by atoms with Crippen molar-refractivity contribution in [1.29, 1.82) is 0 Å². The highest BCUT2D eigenvalue weighted by Crippen LogP contribution is 2.50. The molecule has 0 saturated carbocycles. The van der Waals surface area contributed by atoms with E-state index in [0.717, 1.165) is 54.4 Å². The fourth-order valence-electron chi connectivity index (χ4n) is 4.89. The molecule has 4 nitrogen and oxygen atoms in total. The van der Waals surface area contributed by atoms with Crippen LogP contribution in [-0.4, -0.2) is 40.5 Å². The lowest BCUT2D eigenvalue weighted by Gasteiger charge is -2.51. The van der Waals surface area contributed by atoms with Gasteiger partial charge >= 0.3 is 0 Å². The summed E-state index contributed by atoms with van der Waals surface area (Å²) in [6.45, 7) is 8.71. The normalized spacial score (nSPS) is 23.0. The van der Waals surface area contributed by atoms with Crippen molar-refractivity contribution in [1.82, 2.24) is 9.91 Å². The largest absolute Gasteiger partial charge is 0.466 e. The zero-order chi connectivity index (χ0) is 20.2. The number of hydrogen-bond donors (Lipinski definition) is 0. The molecule has 0 aromatic heterocycles. The monoisotopic (exact) mass is 409 g/mol. The molecule has 0 amide bonds. The van der Waals surface area contributed by atoms with Gasteiger partial charge in [-0.3, -0.25) is 0 Å². The molecule has 3 aliphatic heterocycles. The predicted octanol–water partition coefficient (Wildman–Crippen LogP) is 5.39. The number of benzene rings is 2. The Morgan fingerprint density at radius 1 is 1.10 bits per heavy atom. The van der Waals surface area contributed by atoms with Gasteiger partial charge < -0.3 is 9.64 Å². The summed E-state index contributed by atoms with van der Waals surface area (Å²) in [7, 11) is 0. The maximum atomic E-state index is 6.69. The van der Waals surface area contributed by atoms with E-state index in [-0.39, 0.29) is 11.8 Å². The average molecular weight is 410 g/mol. The maximum Gasteiger partial charge on any atom is 0.200 e. The molecule has 1 fully saturated rings. The Morgan fingerprint density at radius 2 is 1.83 bits per heavy atom. The molecule has 5 heteroatoms. The van der Waals surface area contributed by atoms with E-state index in [1.807, 2.05) is 12.1 Å². The van der Waals surface area contributed by atoms with Gasteiger partial charge in [0, 0.05) is 49.0 Å². The Morgan fingerprint density at radius 3 is 2.52 bits per heavy atom. The number of nitrogens with zero attached hydrogens (tertiary/aromatic N) is 3. The molecule has 5 rings (SSSR count). The van der Waals surface area contributed by atoms with E-state index in [4.69, 9.17) is 21.4 Å². The van der Waals surface area contributed by atoms with Crippen LogP contribution in [0.5, 0.6) is 5.75 Å². The highest BCUT2D eigenvalue weighted by atomic mass is 35.5. The van der Waals surface area contributed by atoms with Gasteiger partial charge in [-0.15, -0.1) is 0 Å². The Labute approximate surface area is 178 Å². The summed E-state index contributed by atoms with van der Waals surface area (Å²) < 4.78 is 6.69. The number of halogens is 1. The van der Waals surface area contributed by atoms with Crippen LogP contribution < -0.4 is 4.74 Å². The number of hydrogen-bond acceptors (Lipinski definition) is 4. The van der Waals surface area contributed by atoms with E-state index >= 15 is 0 Å². The topological polar surface area (TPSA) is 28.1 Å². The molecular weight excluding hydrogens is 382 g/mol. The van der Waals surface area contributed by atoms with E-state index in [9.17, 15) is 0 Å². The number of rotatable bonds is 2. The van der Waals surface area contributed by atoms with Crippen LogP contribution in [0.4, 0.5) is 0 Å². The first-order valence-corrected chi connectivity index (χ1v) is 11.0. The molecule has 0 unspecified atom stereocenters. The van der Waals surface area contributed by atoms with Crippen molar-refractivity contribution in [2.75, 3.05) is 13.1 Å². The van der Waals surface area contributed by atoms with Crippen molar-refractivity contribution in [2.24, 2.45) is 5.10 Å². The number of fused-ring (bicyclic) bond motifs is 4. The molecule has 29 heavy (non-hydrogen) atoms. The third kappa shape index (κ3) is 3.23. The Bertz CT molecular complexity index is 945. The highest BCUT2D eigenvalue weighted by molar-refractivity contribution is 6.30. The quantitative estimate of drug-likeness (QED) is 0.665. The molecule has 0 radical (unpaired) electrons. The van der Waals surface area contributed by atoms with Gasteiger partial charge in [0.1, 0.15) is 5.75 Å². The van der Waals surface area contributed by atoms with Gasteiger partial charge in [-0.05, 0) is 44.5 Å². The van der Waals surface area contributed by atoms with Gasteiger partial charge in [-0.25, -0.2) is 5.01 Å². The van der Waals surface area contributed by atoms with Crippen LogP contribution in [-0.2, 0) is 0 Å². The fourth-order valence-corrected chi connectivity index (χ4v) is 5.07. The van der Waals surface area contributed by atoms with Crippen LogP contribution in [0.1, 0.15) is 55.8 Å². The number of aryl methyl sites for hydroxylation is 1. The lowest BCUT2D eigenvalue weighted by Crippen LogP contribution is -2.59. The van der Waals surface area contributed by atoms with Crippen molar-refractivity contribution in [2.45, 2.75) is 57.8 Å². The van der Waals surface area contributed by atoms with E-state index < -0.39 is 0 Å². The molecule has 152 valence electrons. The molecule has 2 aromatic carbocycles. The van der Waals surface area contributed by atoms with Gasteiger partial charge in [0.2, 0.25) is 5.72 Å². The third-order valence-corrected chi connectivity index (χ3v) is 6.89. The minimum atomic E-state index is -0.372. The summed E-state index contributed by atoms with van der Waals surface area (Å²) in [4.78, 5) is 2.53. The van der Waals surface area contributed by atoms with Gasteiger partial charge in [0.15, 0.2) is 0 Å². The van der Waals surface area contributed by atoms with E-state index in [1.165, 1.54) is 11.1 Å². The van der Waals surface area contributed by atoms with E-state index in [0.29, 0.717) is 6.04 Å². The standard InChI is InChI=1S/C24H28ClN3O/c1-16(2)27-12-10-24(11-13-27)28-22(20-14-19(25)8-9-23(20)29-24)15-21(26-28)18-6-4-17(3)5-7-18/h4-9,14,16,22H,10-13,15H2,1-3H3/t22-/m0/s1. The van der Waals surface area contributed by atoms with Gasteiger partial charge in [-0.2, -0.15) is 5.10 Å². The van der Waals surface area contributed by atoms with Crippen LogP contribution >= 0.6 is 11.6 Å². The highest BCUT2D eigenvalue weighted by Gasteiger charge is 2.52. The molecule has 0 aliphatic carbocycles. The Kier molecular flexibility index (Phi) is 4.60. The molecule has 0 bridgehead atoms. The molecule has 1 spiro atoms. The average Bonchev–Trinajstić information content (AvgIpc) is 3.16. The van der Waals surface area contributed by atoms with Crippen LogP contribution in [0.3, 0.4) is 0 Å². The lowest BCUT2D eigenvalue weighted by atomic mass is 9.90. The van der Waals surface area contributed by atoms with Crippen molar-refractivity contribution < 1.29 is 4.74 Å². The van der Waals surface area contributed by atoms with Gasteiger partial charge in [-0.1, -0.05) is 41.4 Å². The second kappa shape index (κ2) is 7.03. The van der Waals surface area contributed by atoms with Crippen LogP contribution in [0.15, 0.2) is 47.6 Å². The molecule has 1 atom stereocenters. The number of piperidine rings is 1. The molecule has 0 N–H and O–H groups in total. The zero-order valence-electron chi connectivity index (χ0n) is 17.4. The Hall–Kier alpha value is -2.04. The van der Waals surface area contributed by atoms with Crippen LogP contribution in [0.2, 0.25) is 5.02 Å². The summed E-state index contributed by atoms with van der Waals surface area (Å²) in [5, 5.41) is 8.16. The SMILES string of the molecule is Cc1ccc(C2=NN3[C@@H](C2)c2cc(Cl)ccc2OC32CCN(C(C)C)CC2)cc1. The van der Waals surface area contributed by atoms with E-state index in [2.05, 4.69) is 61.0 Å². The first-order valence-electron chi connectivity index (χ1n) is 10.6. The molecule has 1 saturated heterocycles. The van der Waals surface area contributed by atoms with Crippen molar-refractivity contribution in [3.8, 4) is 5.75 Å². The lowest BCUT2D eigenvalue weighted by molar-refractivity contribution is -0.152. The number of ether oxygens (including phenoxy) is 1. The maximum absolute atomic E-state index is 6.69. The van der Waals surface area contributed by atoms with Crippen LogP contribution in [0.25, 0.3) is 0 Å². The summed E-state index contributed by atoms with van der Waals surface area (Å²) in [6, 6.07) is 15.4. The first kappa shape index (κ1) is 19.0. The molecule has 2 aromatic rings. The molecular formula is C24H28ClN3O. The summed E-state index contributed by atoms with van der Waals surface area (Å²) in [5.41, 5.74) is 4.38. The Balaban J connectivity index is 1.54. The van der Waals surface area contributed by atoms with Gasteiger partial charge in [0.25, 0.3) is 0 Å². The van der Waals surface area contributed by atoms with Crippen molar-refractivity contribution in [3.05, 3.63) is 64.2 Å².